The molecule has 158 valence electrons. The highest BCUT2D eigenvalue weighted by atomic mass is 32.1. The average molecular weight is 444 g/mol. The molecule has 5 rings (SSSR count). The van der Waals surface area contributed by atoms with Crippen molar-refractivity contribution in [2.45, 2.75) is 6.92 Å². The van der Waals surface area contributed by atoms with Crippen molar-refractivity contribution in [3.8, 4) is 17.1 Å². The standard InChI is InChI=1S/C23H16N4O4S/c1-3-12-26-16-10-6-4-8-14(16)18(21(26)29)19-22(30)27-23(32-19)24-20(25-27)15-9-5-7-11-17(15)31-13(2)28/h3-11H,1,12H2,2H3/b19-18+. The Balaban J connectivity index is 1.69. The van der Waals surface area contributed by atoms with Gasteiger partial charge in [0.25, 0.3) is 11.5 Å². The fraction of sp³-hybridized carbons (Fsp3) is 0.0870. The summed E-state index contributed by atoms with van der Waals surface area (Å²) in [5, 5.41) is 4.34. The Bertz CT molecular complexity index is 1540. The van der Waals surface area contributed by atoms with Crippen molar-refractivity contribution < 1.29 is 14.3 Å². The minimum Gasteiger partial charge on any atom is -0.426 e. The normalized spacial score (nSPS) is 14.7. The predicted molar refractivity (Wildman–Crippen MR) is 121 cm³/mol. The molecule has 3 heterocycles. The fourth-order valence-corrected chi connectivity index (χ4v) is 4.70. The monoisotopic (exact) mass is 444 g/mol. The summed E-state index contributed by atoms with van der Waals surface area (Å²) in [5.74, 6) is -0.161. The topological polar surface area (TPSA) is 93.9 Å². The van der Waals surface area contributed by atoms with Crippen LogP contribution in [-0.2, 0) is 9.59 Å². The van der Waals surface area contributed by atoms with Crippen LogP contribution >= 0.6 is 11.3 Å². The van der Waals surface area contributed by atoms with Crippen molar-refractivity contribution in [2.24, 2.45) is 0 Å². The molecule has 0 fully saturated rings. The largest absolute Gasteiger partial charge is 0.426 e. The molecule has 0 saturated heterocycles. The molecule has 2 aromatic heterocycles. The van der Waals surface area contributed by atoms with Gasteiger partial charge in [-0.15, -0.1) is 11.7 Å². The van der Waals surface area contributed by atoms with Crippen molar-refractivity contribution in [3.63, 3.8) is 0 Å². The summed E-state index contributed by atoms with van der Waals surface area (Å²) in [6.45, 7) is 5.36. The predicted octanol–water partition coefficient (Wildman–Crippen LogP) is 2.19. The van der Waals surface area contributed by atoms with Crippen LogP contribution in [0.2, 0.25) is 0 Å². The maximum Gasteiger partial charge on any atom is 0.308 e. The number of nitrogens with zero attached hydrogens (tertiary/aromatic N) is 4. The minimum atomic E-state index is -0.468. The summed E-state index contributed by atoms with van der Waals surface area (Å²) in [6.07, 6.45) is 1.64. The SMILES string of the molecule is C=CCN1C(=O)/C(=c2/sc3nc(-c4ccccc4OC(C)=O)nn3c2=O)c2ccccc21. The van der Waals surface area contributed by atoms with E-state index in [-0.39, 0.29) is 16.3 Å². The molecule has 1 aliphatic rings. The van der Waals surface area contributed by atoms with E-state index < -0.39 is 11.5 Å². The summed E-state index contributed by atoms with van der Waals surface area (Å²) in [7, 11) is 0. The number of hydrogen-bond donors (Lipinski definition) is 0. The first-order chi connectivity index (χ1) is 15.5. The van der Waals surface area contributed by atoms with E-state index in [0.717, 1.165) is 17.0 Å². The molecule has 0 bridgehead atoms. The summed E-state index contributed by atoms with van der Waals surface area (Å²) < 4.78 is 6.69. The quantitative estimate of drug-likeness (QED) is 0.272. The average Bonchev–Trinajstić information content (AvgIpc) is 3.40. The number of esters is 1. The highest BCUT2D eigenvalue weighted by Gasteiger charge is 2.33. The van der Waals surface area contributed by atoms with Gasteiger partial charge in [0.2, 0.25) is 4.96 Å². The molecule has 1 amide bonds. The molecule has 2 aromatic carbocycles. The Morgan fingerprint density at radius 2 is 1.84 bits per heavy atom. The van der Waals surface area contributed by atoms with E-state index in [0.29, 0.717) is 34.0 Å². The number of amides is 1. The number of benzene rings is 2. The smallest absolute Gasteiger partial charge is 0.308 e. The molecule has 0 spiro atoms. The summed E-state index contributed by atoms with van der Waals surface area (Å²) in [5.41, 5.74) is 1.84. The number of anilines is 1. The Kier molecular flexibility index (Phi) is 4.67. The van der Waals surface area contributed by atoms with E-state index in [9.17, 15) is 14.4 Å². The van der Waals surface area contributed by atoms with Crippen molar-refractivity contribution >= 4 is 39.4 Å². The molecule has 4 aromatic rings. The maximum atomic E-state index is 13.2. The molecule has 0 saturated carbocycles. The Hall–Kier alpha value is -4.11. The van der Waals surface area contributed by atoms with Gasteiger partial charge in [-0.3, -0.25) is 14.4 Å². The van der Waals surface area contributed by atoms with Gasteiger partial charge in [-0.1, -0.05) is 47.7 Å². The van der Waals surface area contributed by atoms with Crippen molar-refractivity contribution in [1.82, 2.24) is 14.6 Å². The summed E-state index contributed by atoms with van der Waals surface area (Å²) in [6, 6.07) is 14.2. The van der Waals surface area contributed by atoms with Gasteiger partial charge in [-0.2, -0.15) is 9.50 Å². The molecule has 0 radical (unpaired) electrons. The maximum absolute atomic E-state index is 13.2. The third-order valence-electron chi connectivity index (χ3n) is 5.00. The van der Waals surface area contributed by atoms with E-state index in [1.54, 1.807) is 35.2 Å². The third kappa shape index (κ3) is 3.02. The van der Waals surface area contributed by atoms with Crippen LogP contribution in [0.3, 0.4) is 0 Å². The van der Waals surface area contributed by atoms with E-state index in [2.05, 4.69) is 16.7 Å². The number of aromatic nitrogens is 3. The molecule has 0 atom stereocenters. The molecule has 0 unspecified atom stereocenters. The third-order valence-corrected chi connectivity index (χ3v) is 6.03. The molecule has 32 heavy (non-hydrogen) atoms. The number of rotatable bonds is 4. The van der Waals surface area contributed by atoms with E-state index >= 15 is 0 Å². The number of fused-ring (bicyclic) bond motifs is 2. The van der Waals surface area contributed by atoms with Crippen LogP contribution in [0.5, 0.6) is 5.75 Å². The van der Waals surface area contributed by atoms with Crippen LogP contribution in [0, 0.1) is 0 Å². The van der Waals surface area contributed by atoms with Gasteiger partial charge in [0, 0.05) is 19.0 Å². The van der Waals surface area contributed by atoms with Crippen molar-refractivity contribution in [3.05, 3.63) is 81.6 Å². The second-order valence-electron chi connectivity index (χ2n) is 7.05. The molecule has 0 aliphatic carbocycles. The van der Waals surface area contributed by atoms with Gasteiger partial charge in [0.05, 0.1) is 16.8 Å². The summed E-state index contributed by atoms with van der Waals surface area (Å²) in [4.78, 5) is 44.2. The van der Waals surface area contributed by atoms with Gasteiger partial charge in [0.15, 0.2) is 5.82 Å². The van der Waals surface area contributed by atoms with Crippen LogP contribution in [0.4, 0.5) is 5.69 Å². The Morgan fingerprint density at radius 1 is 1.12 bits per heavy atom. The molecule has 0 N–H and O–H groups in total. The number of ether oxygens (including phenoxy) is 1. The second-order valence-corrected chi connectivity index (χ2v) is 8.03. The van der Waals surface area contributed by atoms with E-state index in [1.165, 1.54) is 11.4 Å². The van der Waals surface area contributed by atoms with Crippen LogP contribution in [0.1, 0.15) is 12.5 Å². The van der Waals surface area contributed by atoms with Crippen LogP contribution in [0.25, 0.3) is 21.9 Å². The molecular weight excluding hydrogens is 428 g/mol. The lowest BCUT2D eigenvalue weighted by atomic mass is 10.1. The number of carbonyl (C=O) groups excluding carboxylic acids is 2. The molecule has 8 nitrogen and oxygen atoms in total. The van der Waals surface area contributed by atoms with Crippen LogP contribution in [-0.4, -0.2) is 33.0 Å². The molecule has 1 aliphatic heterocycles. The number of hydrogen-bond acceptors (Lipinski definition) is 7. The zero-order chi connectivity index (χ0) is 22.4. The van der Waals surface area contributed by atoms with Gasteiger partial charge < -0.3 is 9.64 Å². The first-order valence-corrected chi connectivity index (χ1v) is 10.5. The fourth-order valence-electron chi connectivity index (χ4n) is 3.70. The van der Waals surface area contributed by atoms with E-state index in [1.807, 2.05) is 24.3 Å². The highest BCUT2D eigenvalue weighted by molar-refractivity contribution is 7.15. The highest BCUT2D eigenvalue weighted by Crippen LogP contribution is 2.35. The zero-order valence-corrected chi connectivity index (χ0v) is 17.8. The van der Waals surface area contributed by atoms with Gasteiger partial charge in [0.1, 0.15) is 10.3 Å². The second kappa shape index (κ2) is 7.54. The van der Waals surface area contributed by atoms with Gasteiger partial charge >= 0.3 is 5.97 Å². The first-order valence-electron chi connectivity index (χ1n) is 9.73. The van der Waals surface area contributed by atoms with Crippen molar-refractivity contribution in [2.75, 3.05) is 11.4 Å². The zero-order valence-electron chi connectivity index (χ0n) is 16.9. The van der Waals surface area contributed by atoms with Gasteiger partial charge in [-0.25, -0.2) is 0 Å². The lowest BCUT2D eigenvalue weighted by Gasteiger charge is -2.13. The number of thiazole rings is 1. The van der Waals surface area contributed by atoms with E-state index in [4.69, 9.17) is 4.74 Å². The van der Waals surface area contributed by atoms with Crippen LogP contribution in [0.15, 0.2) is 66.0 Å². The first kappa shape index (κ1) is 19.8. The lowest BCUT2D eigenvalue weighted by Crippen LogP contribution is -2.32. The molecular formula is C23H16N4O4S. The summed E-state index contributed by atoms with van der Waals surface area (Å²) >= 11 is 1.10. The van der Waals surface area contributed by atoms with Crippen molar-refractivity contribution in [1.29, 1.82) is 0 Å². The number of carbonyl (C=O) groups is 2. The van der Waals surface area contributed by atoms with Gasteiger partial charge in [-0.05, 0) is 18.2 Å². The Morgan fingerprint density at radius 3 is 2.56 bits per heavy atom. The number of para-hydroxylation sites is 2. The lowest BCUT2D eigenvalue weighted by molar-refractivity contribution is -0.131. The Labute approximate surface area is 185 Å². The van der Waals surface area contributed by atoms with Crippen LogP contribution < -0.4 is 19.7 Å². The minimum absolute atomic E-state index is 0.256. The molecule has 9 heteroatoms.